The minimum atomic E-state index is -0.811. The van der Waals surface area contributed by atoms with Crippen molar-refractivity contribution in [1.82, 2.24) is 4.57 Å². The van der Waals surface area contributed by atoms with Gasteiger partial charge in [-0.25, -0.2) is 9.79 Å². The summed E-state index contributed by atoms with van der Waals surface area (Å²) in [5, 5.41) is 0. The van der Waals surface area contributed by atoms with Gasteiger partial charge in [0.1, 0.15) is 4.53 Å². The van der Waals surface area contributed by atoms with Crippen LogP contribution in [0.2, 0.25) is 0 Å². The molecule has 2 aromatic carbocycles. The number of hydrogen-bond acceptors (Lipinski definition) is 8. The molecule has 0 N–H and O–H groups in total. The molecule has 0 saturated carbocycles. The number of carbonyl (C=O) groups is 2. The Morgan fingerprint density at radius 3 is 2.75 bits per heavy atom. The summed E-state index contributed by atoms with van der Waals surface area (Å²) in [5.41, 5.74) is 2.71. The first kappa shape index (κ1) is 22.3. The average Bonchev–Trinajstić information content (AvgIpc) is 3.53. The van der Waals surface area contributed by atoms with E-state index in [0.29, 0.717) is 38.7 Å². The minimum absolute atomic E-state index is 0.0968. The fourth-order valence-corrected chi connectivity index (χ4v) is 5.97. The Bertz CT molecular complexity index is 1680. The molecule has 0 fully saturated rings. The molecule has 10 heteroatoms. The number of allylic oxidation sites excluding steroid dienone is 1. The summed E-state index contributed by atoms with van der Waals surface area (Å²) < 4.78 is 18.1. The van der Waals surface area contributed by atoms with Gasteiger partial charge in [-0.3, -0.25) is 14.2 Å². The maximum atomic E-state index is 14.0. The number of rotatable bonds is 3. The molecule has 1 amide bonds. The van der Waals surface area contributed by atoms with E-state index in [-0.39, 0.29) is 29.4 Å². The Kier molecular flexibility index (Phi) is 5.08. The molecule has 36 heavy (non-hydrogen) atoms. The molecule has 1 atom stereocenters. The SMILES string of the molecule is CCOC(=O)C1=C(C)N=c2s/c(=C3\C(=O)N(C)c4ccccc43)c(=O)n2[C@@H]1c1ccc2c(c1)OCO2. The third kappa shape index (κ3) is 3.14. The van der Waals surface area contributed by atoms with Crippen LogP contribution >= 0.6 is 11.3 Å². The second-order valence-electron chi connectivity index (χ2n) is 8.49. The Labute approximate surface area is 209 Å². The van der Waals surface area contributed by atoms with E-state index in [1.54, 1.807) is 39.1 Å². The zero-order chi connectivity index (χ0) is 25.1. The molecule has 3 aromatic rings. The summed E-state index contributed by atoms with van der Waals surface area (Å²) in [4.78, 5) is 46.9. The van der Waals surface area contributed by atoms with Crippen LogP contribution in [-0.4, -0.2) is 36.9 Å². The quantitative estimate of drug-likeness (QED) is 0.506. The number of amides is 1. The van der Waals surface area contributed by atoms with Gasteiger partial charge >= 0.3 is 5.97 Å². The van der Waals surface area contributed by atoms with Crippen molar-refractivity contribution in [3.05, 3.63) is 84.5 Å². The summed E-state index contributed by atoms with van der Waals surface area (Å²) in [6, 6.07) is 11.8. The van der Waals surface area contributed by atoms with E-state index in [1.807, 2.05) is 24.3 Å². The second kappa shape index (κ2) is 8.20. The van der Waals surface area contributed by atoms with Crippen molar-refractivity contribution in [2.75, 3.05) is 25.3 Å². The van der Waals surface area contributed by atoms with Crippen LogP contribution in [0.5, 0.6) is 11.5 Å². The number of likely N-dealkylation sites (N-methyl/N-ethyl adjacent to an activating group) is 1. The normalized spacial score (nSPS) is 19.2. The lowest BCUT2D eigenvalue weighted by molar-refractivity contribution is -0.139. The van der Waals surface area contributed by atoms with Crippen molar-refractivity contribution in [3.8, 4) is 11.5 Å². The van der Waals surface area contributed by atoms with Crippen LogP contribution in [-0.2, 0) is 14.3 Å². The van der Waals surface area contributed by atoms with Crippen molar-refractivity contribution in [2.45, 2.75) is 19.9 Å². The van der Waals surface area contributed by atoms with Gasteiger partial charge in [-0.1, -0.05) is 35.6 Å². The summed E-state index contributed by atoms with van der Waals surface area (Å²) in [7, 11) is 1.68. The Morgan fingerprint density at radius 1 is 1.17 bits per heavy atom. The highest BCUT2D eigenvalue weighted by atomic mass is 32.1. The molecular formula is C26H21N3O6S. The molecule has 9 nitrogen and oxygen atoms in total. The Hall–Kier alpha value is -4.18. The van der Waals surface area contributed by atoms with E-state index in [0.717, 1.165) is 17.0 Å². The fraction of sp³-hybridized carbons (Fsp3) is 0.231. The number of esters is 1. The van der Waals surface area contributed by atoms with Crippen LogP contribution in [0, 0.1) is 0 Å². The minimum Gasteiger partial charge on any atom is -0.463 e. The first-order valence-electron chi connectivity index (χ1n) is 11.4. The molecule has 1 aromatic heterocycles. The molecule has 0 radical (unpaired) electrons. The molecule has 0 spiro atoms. The first-order valence-corrected chi connectivity index (χ1v) is 12.2. The van der Waals surface area contributed by atoms with Crippen LogP contribution in [0.15, 0.2) is 63.5 Å². The van der Waals surface area contributed by atoms with Gasteiger partial charge in [0.15, 0.2) is 16.3 Å². The number of para-hydroxylation sites is 1. The number of benzene rings is 2. The van der Waals surface area contributed by atoms with Gasteiger partial charge in [-0.15, -0.1) is 0 Å². The molecule has 0 saturated heterocycles. The first-order chi connectivity index (χ1) is 17.4. The average molecular weight is 504 g/mol. The topological polar surface area (TPSA) is 99.4 Å². The number of fused-ring (bicyclic) bond motifs is 3. The monoisotopic (exact) mass is 503 g/mol. The van der Waals surface area contributed by atoms with Crippen LogP contribution in [0.4, 0.5) is 5.69 Å². The zero-order valence-corrected chi connectivity index (χ0v) is 20.5. The van der Waals surface area contributed by atoms with Gasteiger partial charge in [0.2, 0.25) is 6.79 Å². The highest BCUT2D eigenvalue weighted by molar-refractivity contribution is 7.07. The predicted octanol–water partition coefficient (Wildman–Crippen LogP) is 1.87. The van der Waals surface area contributed by atoms with E-state index < -0.39 is 17.6 Å². The maximum Gasteiger partial charge on any atom is 0.338 e. The van der Waals surface area contributed by atoms with Crippen LogP contribution in [0.1, 0.15) is 31.0 Å². The van der Waals surface area contributed by atoms with E-state index in [1.165, 1.54) is 9.47 Å². The number of nitrogens with zero attached hydrogens (tertiary/aromatic N) is 3. The number of hydrogen-bond donors (Lipinski definition) is 0. The largest absolute Gasteiger partial charge is 0.463 e. The number of aromatic nitrogens is 1. The summed E-state index contributed by atoms with van der Waals surface area (Å²) in [6.07, 6.45) is 0. The number of carbonyl (C=O) groups excluding carboxylic acids is 2. The lowest BCUT2D eigenvalue weighted by Crippen LogP contribution is -2.40. The van der Waals surface area contributed by atoms with E-state index in [2.05, 4.69) is 4.99 Å². The smallest absolute Gasteiger partial charge is 0.338 e. The van der Waals surface area contributed by atoms with Crippen molar-refractivity contribution < 1.29 is 23.8 Å². The third-order valence-electron chi connectivity index (χ3n) is 6.49. The van der Waals surface area contributed by atoms with Crippen LogP contribution in [0.3, 0.4) is 0 Å². The fourth-order valence-electron chi connectivity index (χ4n) is 4.83. The zero-order valence-electron chi connectivity index (χ0n) is 19.7. The number of anilines is 1. The molecule has 0 unspecified atom stereocenters. The molecule has 3 aliphatic heterocycles. The van der Waals surface area contributed by atoms with Gasteiger partial charge in [0.05, 0.1) is 35.2 Å². The summed E-state index contributed by atoms with van der Waals surface area (Å²) in [5.74, 6) is 0.295. The van der Waals surface area contributed by atoms with Crippen molar-refractivity contribution in [2.24, 2.45) is 4.99 Å². The molecule has 3 aliphatic rings. The van der Waals surface area contributed by atoms with Crippen LogP contribution < -0.4 is 29.3 Å². The van der Waals surface area contributed by atoms with Crippen molar-refractivity contribution in [1.29, 1.82) is 0 Å². The van der Waals surface area contributed by atoms with E-state index >= 15 is 0 Å². The molecule has 182 valence electrons. The number of ether oxygens (including phenoxy) is 3. The third-order valence-corrected chi connectivity index (χ3v) is 7.54. The van der Waals surface area contributed by atoms with Crippen molar-refractivity contribution in [3.63, 3.8) is 0 Å². The molecule has 4 heterocycles. The Balaban J connectivity index is 1.64. The lowest BCUT2D eigenvalue weighted by Gasteiger charge is -2.24. The predicted molar refractivity (Wildman–Crippen MR) is 132 cm³/mol. The summed E-state index contributed by atoms with van der Waals surface area (Å²) in [6.45, 7) is 3.71. The highest BCUT2D eigenvalue weighted by Crippen LogP contribution is 2.38. The molecule has 6 rings (SSSR count). The van der Waals surface area contributed by atoms with Gasteiger partial charge in [-0.05, 0) is 37.6 Å². The van der Waals surface area contributed by atoms with E-state index in [9.17, 15) is 14.4 Å². The standard InChI is InChI=1S/C26H21N3O6S/c1-4-33-25(32)19-13(2)27-26-29(21(19)14-9-10-17-18(11-14)35-12-34-17)24(31)22(36-26)20-15-7-5-6-8-16(15)28(3)23(20)30/h5-11,21H,4,12H2,1-3H3/b22-20-/t21-/m1/s1. The Morgan fingerprint density at radius 2 is 1.94 bits per heavy atom. The molecule has 0 aliphatic carbocycles. The van der Waals surface area contributed by atoms with Gasteiger partial charge < -0.3 is 19.1 Å². The van der Waals surface area contributed by atoms with Gasteiger partial charge in [0.25, 0.3) is 11.5 Å². The molecule has 0 bridgehead atoms. The van der Waals surface area contributed by atoms with Gasteiger partial charge in [0, 0.05) is 12.6 Å². The summed E-state index contributed by atoms with van der Waals surface area (Å²) >= 11 is 1.14. The van der Waals surface area contributed by atoms with Crippen molar-refractivity contribution >= 4 is 34.5 Å². The number of thiazole rings is 1. The van der Waals surface area contributed by atoms with E-state index in [4.69, 9.17) is 14.2 Å². The second-order valence-corrected chi connectivity index (χ2v) is 9.47. The van der Waals surface area contributed by atoms with Gasteiger partial charge in [-0.2, -0.15) is 0 Å². The lowest BCUT2D eigenvalue weighted by atomic mass is 9.95. The molecular weight excluding hydrogens is 482 g/mol. The highest BCUT2D eigenvalue weighted by Gasteiger charge is 2.36. The maximum absolute atomic E-state index is 14.0. The van der Waals surface area contributed by atoms with Crippen LogP contribution in [0.25, 0.3) is 5.57 Å².